The van der Waals surface area contributed by atoms with Crippen molar-refractivity contribution in [2.24, 2.45) is 5.92 Å². The molecule has 0 saturated carbocycles. The lowest BCUT2D eigenvalue weighted by atomic mass is 9.95. The predicted molar refractivity (Wildman–Crippen MR) is 106 cm³/mol. The first-order valence-electron chi connectivity index (χ1n) is 9.72. The fraction of sp³-hybridized carbons (Fsp3) is 0.318. The minimum atomic E-state index is -0.389. The first-order valence-corrected chi connectivity index (χ1v) is 9.72. The number of aryl methyl sites for hydroxylation is 1. The summed E-state index contributed by atoms with van der Waals surface area (Å²) in [5.74, 6) is -1.48. The van der Waals surface area contributed by atoms with Crippen LogP contribution in [0.3, 0.4) is 0 Å². The van der Waals surface area contributed by atoms with E-state index in [4.69, 9.17) is 0 Å². The van der Waals surface area contributed by atoms with Crippen LogP contribution in [0, 0.1) is 11.7 Å². The summed E-state index contributed by atoms with van der Waals surface area (Å²) in [6, 6.07) is 12.6. The van der Waals surface area contributed by atoms with E-state index in [-0.39, 0.29) is 29.5 Å². The third-order valence-corrected chi connectivity index (χ3v) is 5.17. The van der Waals surface area contributed by atoms with Crippen LogP contribution in [0.2, 0.25) is 0 Å². The maximum absolute atomic E-state index is 13.0. The molecule has 2 aromatic rings. The number of nitrogens with zero attached hydrogens (tertiary/aromatic N) is 1. The van der Waals surface area contributed by atoms with Gasteiger partial charge in [-0.1, -0.05) is 19.1 Å². The van der Waals surface area contributed by atoms with Gasteiger partial charge in [0.15, 0.2) is 0 Å². The van der Waals surface area contributed by atoms with Crippen molar-refractivity contribution in [1.82, 2.24) is 15.8 Å². The lowest BCUT2D eigenvalue weighted by Gasteiger charge is -2.31. The molecule has 1 fully saturated rings. The Labute approximate surface area is 169 Å². The van der Waals surface area contributed by atoms with Crippen molar-refractivity contribution in [1.29, 1.82) is 0 Å². The molecule has 2 N–H and O–H groups in total. The fourth-order valence-corrected chi connectivity index (χ4v) is 3.30. The van der Waals surface area contributed by atoms with E-state index in [1.165, 1.54) is 24.3 Å². The highest BCUT2D eigenvalue weighted by atomic mass is 19.1. The average Bonchev–Trinajstić information content (AvgIpc) is 2.77. The normalized spacial score (nSPS) is 14.3. The van der Waals surface area contributed by atoms with Crippen LogP contribution >= 0.6 is 0 Å². The Kier molecular flexibility index (Phi) is 6.59. The molecule has 1 aliphatic rings. The van der Waals surface area contributed by atoms with Crippen molar-refractivity contribution in [3.05, 3.63) is 71.0 Å². The van der Waals surface area contributed by atoms with Crippen molar-refractivity contribution in [3.63, 3.8) is 0 Å². The van der Waals surface area contributed by atoms with Crippen molar-refractivity contribution < 1.29 is 18.8 Å². The topological polar surface area (TPSA) is 78.5 Å². The van der Waals surface area contributed by atoms with Gasteiger partial charge in [-0.05, 0) is 61.2 Å². The second-order valence-electron chi connectivity index (χ2n) is 7.07. The molecule has 0 bridgehead atoms. The Hall–Kier alpha value is -3.22. The van der Waals surface area contributed by atoms with Crippen LogP contribution in [0.1, 0.15) is 46.0 Å². The van der Waals surface area contributed by atoms with Crippen LogP contribution in [-0.4, -0.2) is 35.7 Å². The van der Waals surface area contributed by atoms with Gasteiger partial charge in [-0.25, -0.2) is 4.39 Å². The van der Waals surface area contributed by atoms with Crippen LogP contribution in [0.25, 0.3) is 0 Å². The Morgan fingerprint density at radius 3 is 2.10 bits per heavy atom. The Morgan fingerprint density at radius 1 is 0.931 bits per heavy atom. The monoisotopic (exact) mass is 397 g/mol. The van der Waals surface area contributed by atoms with Crippen LogP contribution in [0.4, 0.5) is 4.39 Å². The zero-order valence-electron chi connectivity index (χ0n) is 16.3. The molecule has 6 nitrogen and oxygen atoms in total. The molecule has 1 heterocycles. The third-order valence-electron chi connectivity index (χ3n) is 5.17. The molecular weight excluding hydrogens is 373 g/mol. The van der Waals surface area contributed by atoms with Gasteiger partial charge in [-0.3, -0.25) is 25.2 Å². The van der Waals surface area contributed by atoms with Crippen LogP contribution in [0.5, 0.6) is 0 Å². The van der Waals surface area contributed by atoms with Gasteiger partial charge in [-0.15, -0.1) is 0 Å². The second-order valence-corrected chi connectivity index (χ2v) is 7.07. The van der Waals surface area contributed by atoms with Crippen LogP contribution in [0.15, 0.2) is 48.5 Å². The van der Waals surface area contributed by atoms with E-state index in [1.54, 1.807) is 17.0 Å². The molecular formula is C22H24FN3O3. The summed E-state index contributed by atoms with van der Waals surface area (Å²) in [6.07, 6.45) is 1.89. The first kappa shape index (κ1) is 20.5. The van der Waals surface area contributed by atoms with E-state index >= 15 is 0 Å². The molecule has 3 rings (SSSR count). The van der Waals surface area contributed by atoms with Crippen molar-refractivity contribution in [2.45, 2.75) is 26.2 Å². The smallest absolute Gasteiger partial charge is 0.269 e. The number of nitrogens with one attached hydrogen (secondary N) is 2. The Balaban J connectivity index is 1.46. The number of benzene rings is 2. The summed E-state index contributed by atoms with van der Waals surface area (Å²) in [5.41, 5.74) is 6.95. The minimum Gasteiger partial charge on any atom is -0.339 e. The van der Waals surface area contributed by atoms with Crippen LogP contribution in [-0.2, 0) is 11.2 Å². The summed E-state index contributed by atoms with van der Waals surface area (Å²) in [5, 5.41) is 0. The van der Waals surface area contributed by atoms with Crippen molar-refractivity contribution >= 4 is 17.7 Å². The largest absolute Gasteiger partial charge is 0.339 e. The lowest BCUT2D eigenvalue weighted by molar-refractivity contribution is -0.127. The number of carbonyl (C=O) groups is 3. The molecule has 3 amide bonds. The number of halogens is 1. The number of piperidine rings is 1. The van der Waals surface area contributed by atoms with E-state index in [0.717, 1.165) is 12.0 Å². The molecule has 0 atom stereocenters. The molecule has 0 radical (unpaired) electrons. The molecule has 29 heavy (non-hydrogen) atoms. The SMILES string of the molecule is CCc1ccc(C(=O)NNC(=O)C2CCN(C(=O)c3ccc(F)cc3)CC2)cc1. The van der Waals surface area contributed by atoms with E-state index in [1.807, 2.05) is 19.1 Å². The zero-order valence-corrected chi connectivity index (χ0v) is 16.3. The number of hydrazine groups is 1. The van der Waals surface area contributed by atoms with Gasteiger partial charge in [0, 0.05) is 30.1 Å². The van der Waals surface area contributed by atoms with E-state index in [9.17, 15) is 18.8 Å². The summed E-state index contributed by atoms with van der Waals surface area (Å²) in [7, 11) is 0. The fourth-order valence-electron chi connectivity index (χ4n) is 3.30. The highest BCUT2D eigenvalue weighted by molar-refractivity contribution is 5.96. The molecule has 1 aliphatic heterocycles. The molecule has 0 aromatic heterocycles. The number of likely N-dealkylation sites (tertiary alicyclic amines) is 1. The highest BCUT2D eigenvalue weighted by Crippen LogP contribution is 2.19. The van der Waals surface area contributed by atoms with Gasteiger partial charge in [0.2, 0.25) is 5.91 Å². The number of amides is 3. The van der Waals surface area contributed by atoms with Crippen molar-refractivity contribution in [3.8, 4) is 0 Å². The minimum absolute atomic E-state index is 0.173. The van der Waals surface area contributed by atoms with Gasteiger partial charge in [-0.2, -0.15) is 0 Å². The van der Waals surface area contributed by atoms with E-state index < -0.39 is 0 Å². The summed E-state index contributed by atoms with van der Waals surface area (Å²) in [4.78, 5) is 38.6. The molecule has 1 saturated heterocycles. The average molecular weight is 397 g/mol. The number of rotatable bonds is 4. The summed E-state index contributed by atoms with van der Waals surface area (Å²) < 4.78 is 13.0. The maximum atomic E-state index is 13.0. The van der Waals surface area contributed by atoms with Gasteiger partial charge >= 0.3 is 0 Å². The zero-order chi connectivity index (χ0) is 20.8. The third kappa shape index (κ3) is 5.19. The van der Waals surface area contributed by atoms with Gasteiger partial charge < -0.3 is 4.90 Å². The van der Waals surface area contributed by atoms with Gasteiger partial charge in [0.25, 0.3) is 11.8 Å². The molecule has 0 spiro atoms. The molecule has 152 valence electrons. The molecule has 0 aliphatic carbocycles. The standard InChI is InChI=1S/C22H24FN3O3/c1-2-15-3-5-16(6-4-15)20(27)24-25-21(28)17-11-13-26(14-12-17)22(29)18-7-9-19(23)10-8-18/h3-10,17H,2,11-14H2,1H3,(H,24,27)(H,25,28). The van der Waals surface area contributed by atoms with Crippen molar-refractivity contribution in [2.75, 3.05) is 13.1 Å². The molecule has 0 unspecified atom stereocenters. The number of hydrogen-bond acceptors (Lipinski definition) is 3. The number of carbonyl (C=O) groups excluding carboxylic acids is 3. The summed E-state index contributed by atoms with van der Waals surface area (Å²) >= 11 is 0. The quantitative estimate of drug-likeness (QED) is 0.779. The second kappa shape index (κ2) is 9.32. The first-order chi connectivity index (χ1) is 14.0. The Bertz CT molecular complexity index is 873. The molecule has 7 heteroatoms. The van der Waals surface area contributed by atoms with E-state index in [2.05, 4.69) is 10.9 Å². The molecule has 2 aromatic carbocycles. The maximum Gasteiger partial charge on any atom is 0.269 e. The predicted octanol–water partition coefficient (Wildman–Crippen LogP) is 2.70. The number of hydrogen-bond donors (Lipinski definition) is 2. The Morgan fingerprint density at radius 2 is 1.52 bits per heavy atom. The van der Waals surface area contributed by atoms with Crippen LogP contribution < -0.4 is 10.9 Å². The van der Waals surface area contributed by atoms with Gasteiger partial charge in [0.1, 0.15) is 5.82 Å². The lowest BCUT2D eigenvalue weighted by Crippen LogP contribution is -2.48. The highest BCUT2D eigenvalue weighted by Gasteiger charge is 2.28. The summed E-state index contributed by atoms with van der Waals surface area (Å²) in [6.45, 7) is 2.90. The van der Waals surface area contributed by atoms with E-state index in [0.29, 0.717) is 37.1 Å². The van der Waals surface area contributed by atoms with Gasteiger partial charge in [0.05, 0.1) is 0 Å².